The Bertz CT molecular complexity index is 572. The van der Waals surface area contributed by atoms with Crippen molar-refractivity contribution in [2.24, 2.45) is 5.92 Å². The van der Waals surface area contributed by atoms with E-state index in [1.165, 1.54) is 12.8 Å². The number of ether oxygens (including phenoxy) is 1. The predicted molar refractivity (Wildman–Crippen MR) is 85.8 cm³/mol. The van der Waals surface area contributed by atoms with E-state index in [0.717, 1.165) is 36.7 Å². The van der Waals surface area contributed by atoms with E-state index in [0.29, 0.717) is 12.5 Å². The van der Waals surface area contributed by atoms with Gasteiger partial charge in [0.05, 0.1) is 11.0 Å². The fourth-order valence-corrected chi connectivity index (χ4v) is 3.44. The Morgan fingerprint density at radius 2 is 1.96 bits per heavy atom. The summed E-state index contributed by atoms with van der Waals surface area (Å²) < 4.78 is 33.2. The highest BCUT2D eigenvalue weighted by Gasteiger charge is 2.36. The molecule has 1 heterocycles. The number of hydrogen-bond acceptors (Lipinski definition) is 3. The third-order valence-corrected chi connectivity index (χ3v) is 5.06. The van der Waals surface area contributed by atoms with Gasteiger partial charge >= 0.3 is 6.03 Å². The molecule has 1 saturated carbocycles. The van der Waals surface area contributed by atoms with Gasteiger partial charge in [0.1, 0.15) is 11.6 Å². The maximum Gasteiger partial charge on any atom is 0.319 e. The number of rotatable bonds is 4. The zero-order valence-corrected chi connectivity index (χ0v) is 13.7. The summed E-state index contributed by atoms with van der Waals surface area (Å²) in [6.07, 6.45) is 5.78. The van der Waals surface area contributed by atoms with Crippen LogP contribution in [0.3, 0.4) is 0 Å². The van der Waals surface area contributed by atoms with E-state index in [1.807, 2.05) is 0 Å². The number of carbonyl (C=O) groups excluding carboxylic acids is 1. The van der Waals surface area contributed by atoms with E-state index in [1.54, 1.807) is 6.26 Å². The summed E-state index contributed by atoms with van der Waals surface area (Å²) in [7, 11) is 0. The van der Waals surface area contributed by atoms with Crippen LogP contribution in [0.5, 0.6) is 0 Å². The van der Waals surface area contributed by atoms with E-state index in [4.69, 9.17) is 4.74 Å². The van der Waals surface area contributed by atoms with Crippen molar-refractivity contribution in [2.75, 3.05) is 18.2 Å². The van der Waals surface area contributed by atoms with Gasteiger partial charge in [0.2, 0.25) is 0 Å². The second kappa shape index (κ2) is 7.05. The largest absolute Gasteiger partial charge is 0.378 e. The molecule has 3 rings (SSSR count). The summed E-state index contributed by atoms with van der Waals surface area (Å²) in [4.78, 5) is 12.0. The number of carbonyl (C=O) groups is 1. The molecule has 2 amide bonds. The van der Waals surface area contributed by atoms with Crippen LogP contribution in [0.4, 0.5) is 19.3 Å². The third kappa shape index (κ3) is 4.14. The van der Waals surface area contributed by atoms with Crippen molar-refractivity contribution in [3.8, 4) is 0 Å². The Balaban J connectivity index is 1.56. The standard InChI is InChI=1S/C16H20F2N2O2S/c1-23-15-12(17)6-11(7-13(15)18)20-16(21)19-10-4-5-22-14(8-10)9-2-3-9/h6-7,9-10,14H,2-5,8H2,1H3,(H2,19,20,21)/t10-,14-/m0/s1. The van der Waals surface area contributed by atoms with Crippen LogP contribution in [0, 0.1) is 17.6 Å². The first-order valence-electron chi connectivity index (χ1n) is 7.79. The minimum atomic E-state index is -0.673. The van der Waals surface area contributed by atoms with Crippen LogP contribution in [0.2, 0.25) is 0 Å². The van der Waals surface area contributed by atoms with Gasteiger partial charge in [0.15, 0.2) is 0 Å². The molecule has 7 heteroatoms. The topological polar surface area (TPSA) is 50.4 Å². The van der Waals surface area contributed by atoms with Crippen molar-refractivity contribution in [1.82, 2.24) is 5.32 Å². The molecule has 2 N–H and O–H groups in total. The number of amides is 2. The molecule has 4 nitrogen and oxygen atoms in total. The summed E-state index contributed by atoms with van der Waals surface area (Å²) in [6, 6.07) is 1.85. The Morgan fingerprint density at radius 3 is 2.57 bits per heavy atom. The zero-order valence-electron chi connectivity index (χ0n) is 12.9. The van der Waals surface area contributed by atoms with Crippen molar-refractivity contribution < 1.29 is 18.3 Å². The molecular weight excluding hydrogens is 322 g/mol. The number of hydrogen-bond donors (Lipinski definition) is 2. The van der Waals surface area contributed by atoms with Gasteiger partial charge < -0.3 is 15.4 Å². The molecule has 0 unspecified atom stereocenters. The lowest BCUT2D eigenvalue weighted by Gasteiger charge is -2.30. The minimum absolute atomic E-state index is 0.0366. The van der Waals surface area contributed by atoms with E-state index in [-0.39, 0.29) is 22.7 Å². The second-order valence-corrected chi connectivity index (χ2v) is 6.86. The second-order valence-electron chi connectivity index (χ2n) is 6.04. The lowest BCUT2D eigenvalue weighted by Crippen LogP contribution is -2.44. The lowest BCUT2D eigenvalue weighted by molar-refractivity contribution is -0.00889. The van der Waals surface area contributed by atoms with Crippen LogP contribution in [-0.2, 0) is 4.74 Å². The number of nitrogens with one attached hydrogen (secondary N) is 2. The van der Waals surface area contributed by atoms with Gasteiger partial charge in [0.25, 0.3) is 0 Å². The molecule has 2 atom stereocenters. The Kier molecular flexibility index (Phi) is 5.06. The molecule has 1 saturated heterocycles. The summed E-state index contributed by atoms with van der Waals surface area (Å²) in [5.74, 6) is -0.717. The normalized spacial score (nSPS) is 24.3. The molecule has 1 aliphatic heterocycles. The summed E-state index contributed by atoms with van der Waals surface area (Å²) in [5, 5.41) is 5.37. The monoisotopic (exact) mass is 342 g/mol. The van der Waals surface area contributed by atoms with E-state index >= 15 is 0 Å². The molecule has 1 aliphatic carbocycles. The number of halogens is 2. The number of thioether (sulfide) groups is 1. The fraction of sp³-hybridized carbons (Fsp3) is 0.562. The molecule has 0 spiro atoms. The van der Waals surface area contributed by atoms with Gasteiger partial charge in [-0.2, -0.15) is 0 Å². The van der Waals surface area contributed by atoms with Crippen molar-refractivity contribution in [2.45, 2.75) is 42.7 Å². The summed E-state index contributed by atoms with van der Waals surface area (Å²) in [6.45, 7) is 0.637. The van der Waals surface area contributed by atoms with Gasteiger partial charge in [-0.1, -0.05) is 0 Å². The van der Waals surface area contributed by atoms with Gasteiger partial charge in [-0.25, -0.2) is 13.6 Å². The zero-order chi connectivity index (χ0) is 16.4. The first-order valence-corrected chi connectivity index (χ1v) is 9.01. The highest BCUT2D eigenvalue weighted by Crippen LogP contribution is 2.38. The molecule has 126 valence electrons. The van der Waals surface area contributed by atoms with Crippen LogP contribution >= 0.6 is 11.8 Å². The molecule has 1 aromatic carbocycles. The number of benzene rings is 1. The minimum Gasteiger partial charge on any atom is -0.378 e. The van der Waals surface area contributed by atoms with Crippen LogP contribution in [0.25, 0.3) is 0 Å². The Hall–Kier alpha value is -1.34. The van der Waals surface area contributed by atoms with Gasteiger partial charge in [0, 0.05) is 18.3 Å². The fourth-order valence-electron chi connectivity index (χ4n) is 2.94. The average Bonchev–Trinajstić information content (AvgIpc) is 3.31. The van der Waals surface area contributed by atoms with Crippen LogP contribution in [-0.4, -0.2) is 31.0 Å². The quantitative estimate of drug-likeness (QED) is 0.819. The van der Waals surface area contributed by atoms with Gasteiger partial charge in [-0.3, -0.25) is 0 Å². The molecule has 0 radical (unpaired) electrons. The van der Waals surface area contributed by atoms with Gasteiger partial charge in [-0.05, 0) is 50.0 Å². The molecule has 23 heavy (non-hydrogen) atoms. The lowest BCUT2D eigenvalue weighted by atomic mass is 10.0. The molecule has 0 aromatic heterocycles. The highest BCUT2D eigenvalue weighted by atomic mass is 32.2. The van der Waals surface area contributed by atoms with Crippen molar-refractivity contribution >= 4 is 23.5 Å². The van der Waals surface area contributed by atoms with E-state index in [9.17, 15) is 13.6 Å². The molecule has 0 bridgehead atoms. The van der Waals surface area contributed by atoms with E-state index in [2.05, 4.69) is 10.6 Å². The summed E-state index contributed by atoms with van der Waals surface area (Å²) >= 11 is 0.995. The third-order valence-electron chi connectivity index (χ3n) is 4.26. The maximum absolute atomic E-state index is 13.7. The Labute approximate surface area is 138 Å². The summed E-state index contributed by atoms with van der Waals surface area (Å²) in [5.41, 5.74) is 0.112. The van der Waals surface area contributed by atoms with Gasteiger partial charge in [-0.15, -0.1) is 11.8 Å². The smallest absolute Gasteiger partial charge is 0.319 e. The van der Waals surface area contributed by atoms with Crippen molar-refractivity contribution in [1.29, 1.82) is 0 Å². The van der Waals surface area contributed by atoms with Crippen molar-refractivity contribution in [3.05, 3.63) is 23.8 Å². The SMILES string of the molecule is CSc1c(F)cc(NC(=O)N[C@H]2CCO[C@H](C3CC3)C2)cc1F. The number of anilines is 1. The Morgan fingerprint density at radius 1 is 1.26 bits per heavy atom. The van der Waals surface area contributed by atoms with E-state index < -0.39 is 17.7 Å². The first-order chi connectivity index (χ1) is 11.1. The molecule has 2 fully saturated rings. The highest BCUT2D eigenvalue weighted by molar-refractivity contribution is 7.98. The maximum atomic E-state index is 13.7. The van der Waals surface area contributed by atoms with Crippen LogP contribution in [0.1, 0.15) is 25.7 Å². The van der Waals surface area contributed by atoms with Crippen LogP contribution < -0.4 is 10.6 Å². The molecule has 1 aromatic rings. The average molecular weight is 342 g/mol. The predicted octanol–water partition coefficient (Wildman–Crippen LogP) is 3.77. The molecular formula is C16H20F2N2O2S. The van der Waals surface area contributed by atoms with Crippen LogP contribution in [0.15, 0.2) is 17.0 Å². The first kappa shape index (κ1) is 16.5. The molecule has 2 aliphatic rings. The van der Waals surface area contributed by atoms with Crippen molar-refractivity contribution in [3.63, 3.8) is 0 Å². The number of urea groups is 1.